The van der Waals surface area contributed by atoms with Gasteiger partial charge in [0.05, 0.1) is 38.8 Å². The molecule has 0 aliphatic carbocycles. The molecule has 0 spiro atoms. The first-order valence-electron chi connectivity index (χ1n) is 7.97. The Morgan fingerprint density at radius 1 is 1.22 bits per heavy atom. The van der Waals surface area contributed by atoms with Gasteiger partial charge in [0.25, 0.3) is 5.91 Å². The molecule has 7 heteroatoms. The molecule has 2 aromatic heterocycles. The van der Waals surface area contributed by atoms with Crippen molar-refractivity contribution < 1.29 is 13.9 Å². The van der Waals surface area contributed by atoms with Gasteiger partial charge in [-0.25, -0.2) is 4.98 Å². The number of amides is 1. The van der Waals surface area contributed by atoms with Crippen LogP contribution in [0.2, 0.25) is 0 Å². The molecule has 1 fully saturated rings. The molecule has 2 aromatic rings. The van der Waals surface area contributed by atoms with Gasteiger partial charge in [-0.1, -0.05) is 0 Å². The fraction of sp³-hybridized carbons (Fsp3) is 0.500. The van der Waals surface area contributed by atoms with Crippen molar-refractivity contribution in [3.63, 3.8) is 0 Å². The van der Waals surface area contributed by atoms with Crippen molar-refractivity contribution in [2.45, 2.75) is 19.6 Å². The molecule has 0 radical (unpaired) electrons. The molecule has 0 N–H and O–H groups in total. The van der Waals surface area contributed by atoms with E-state index in [0.717, 1.165) is 37.8 Å². The Labute approximate surface area is 134 Å². The second-order valence-corrected chi connectivity index (χ2v) is 5.91. The third-order valence-electron chi connectivity index (χ3n) is 4.42. The van der Waals surface area contributed by atoms with Crippen molar-refractivity contribution in [1.82, 2.24) is 19.4 Å². The van der Waals surface area contributed by atoms with E-state index in [-0.39, 0.29) is 5.91 Å². The van der Waals surface area contributed by atoms with Gasteiger partial charge in [-0.05, 0) is 12.1 Å². The van der Waals surface area contributed by atoms with Crippen LogP contribution in [0.5, 0.6) is 0 Å². The van der Waals surface area contributed by atoms with Gasteiger partial charge in [0, 0.05) is 26.2 Å². The molecule has 1 saturated heterocycles. The monoisotopic (exact) mass is 316 g/mol. The number of carbonyl (C=O) groups is 1. The number of rotatable bonds is 3. The number of aromatic nitrogens is 2. The summed E-state index contributed by atoms with van der Waals surface area (Å²) in [5.74, 6) is 1.96. The first kappa shape index (κ1) is 14.5. The molecule has 0 saturated carbocycles. The van der Waals surface area contributed by atoms with Crippen molar-refractivity contribution in [3.8, 4) is 0 Å². The van der Waals surface area contributed by atoms with Crippen molar-refractivity contribution in [3.05, 3.63) is 41.9 Å². The van der Waals surface area contributed by atoms with Crippen LogP contribution < -0.4 is 0 Å². The molecule has 7 nitrogen and oxygen atoms in total. The molecule has 4 heterocycles. The molecular formula is C16H20N4O3. The van der Waals surface area contributed by atoms with Crippen molar-refractivity contribution in [2.24, 2.45) is 0 Å². The largest absolute Gasteiger partial charge is 0.468 e. The number of hydrogen-bond acceptors (Lipinski definition) is 5. The maximum absolute atomic E-state index is 12.7. The highest BCUT2D eigenvalue weighted by atomic mass is 16.5. The number of hydrogen-bond donors (Lipinski definition) is 0. The number of imidazole rings is 1. The molecule has 1 amide bonds. The van der Waals surface area contributed by atoms with Gasteiger partial charge in [0.15, 0.2) is 0 Å². The number of nitrogens with zero attached hydrogens (tertiary/aromatic N) is 4. The predicted octanol–water partition coefficient (Wildman–Crippen LogP) is 0.964. The minimum atomic E-state index is 0.0616. The van der Waals surface area contributed by atoms with Crippen molar-refractivity contribution in [2.75, 3.05) is 32.8 Å². The quantitative estimate of drug-likeness (QED) is 0.844. The smallest absolute Gasteiger partial charge is 0.272 e. The lowest BCUT2D eigenvalue weighted by molar-refractivity contribution is 0.0293. The van der Waals surface area contributed by atoms with Gasteiger partial charge in [0.1, 0.15) is 17.3 Å². The topological polar surface area (TPSA) is 63.7 Å². The summed E-state index contributed by atoms with van der Waals surface area (Å²) < 4.78 is 12.8. The summed E-state index contributed by atoms with van der Waals surface area (Å²) in [6.45, 7) is 5.71. The summed E-state index contributed by atoms with van der Waals surface area (Å²) in [4.78, 5) is 21.2. The maximum Gasteiger partial charge on any atom is 0.272 e. The lowest BCUT2D eigenvalue weighted by Crippen LogP contribution is -2.42. The second kappa shape index (κ2) is 6.17. The first-order valence-corrected chi connectivity index (χ1v) is 7.97. The highest BCUT2D eigenvalue weighted by Gasteiger charge is 2.26. The zero-order valence-electron chi connectivity index (χ0n) is 13.0. The lowest BCUT2D eigenvalue weighted by atomic mass is 10.3. The lowest BCUT2D eigenvalue weighted by Gasteiger charge is -2.30. The summed E-state index contributed by atoms with van der Waals surface area (Å²) >= 11 is 0. The van der Waals surface area contributed by atoms with Gasteiger partial charge in [0.2, 0.25) is 0 Å². The predicted molar refractivity (Wildman–Crippen MR) is 81.8 cm³/mol. The number of carbonyl (C=O) groups excluding carboxylic acids is 1. The Kier molecular flexibility index (Phi) is 3.88. The summed E-state index contributed by atoms with van der Waals surface area (Å²) in [5, 5.41) is 0. The van der Waals surface area contributed by atoms with Crippen molar-refractivity contribution in [1.29, 1.82) is 0 Å². The Balaban J connectivity index is 1.47. The standard InChI is InChI=1S/C16H20N4O3/c21-16(19-5-8-22-9-6-19)14-10-17-15-12-18(3-4-20(14)15)11-13-2-1-7-23-13/h1-2,7,10H,3-6,8-9,11-12H2. The van der Waals surface area contributed by atoms with Crippen LogP contribution in [0.25, 0.3) is 0 Å². The van der Waals surface area contributed by atoms with Gasteiger partial charge >= 0.3 is 0 Å². The van der Waals surface area contributed by atoms with Gasteiger partial charge in [-0.3, -0.25) is 9.69 Å². The summed E-state index contributed by atoms with van der Waals surface area (Å²) in [7, 11) is 0. The van der Waals surface area contributed by atoms with E-state index < -0.39 is 0 Å². The Morgan fingerprint density at radius 3 is 2.87 bits per heavy atom. The average molecular weight is 316 g/mol. The van der Waals surface area contributed by atoms with E-state index in [1.54, 1.807) is 12.5 Å². The number of fused-ring (bicyclic) bond motifs is 1. The summed E-state index contributed by atoms with van der Waals surface area (Å²) in [6.07, 6.45) is 3.41. The Bertz CT molecular complexity index is 674. The minimum absolute atomic E-state index is 0.0616. The van der Waals surface area contributed by atoms with Crippen LogP contribution in [0.3, 0.4) is 0 Å². The highest BCUT2D eigenvalue weighted by molar-refractivity contribution is 5.92. The van der Waals surface area contributed by atoms with Crippen LogP contribution in [0, 0.1) is 0 Å². The highest BCUT2D eigenvalue weighted by Crippen LogP contribution is 2.18. The molecular weight excluding hydrogens is 296 g/mol. The zero-order chi connectivity index (χ0) is 15.6. The fourth-order valence-electron chi connectivity index (χ4n) is 3.17. The molecule has 0 unspecified atom stereocenters. The summed E-state index contributed by atoms with van der Waals surface area (Å²) in [6, 6.07) is 3.88. The Morgan fingerprint density at radius 2 is 2.09 bits per heavy atom. The second-order valence-electron chi connectivity index (χ2n) is 5.91. The number of furan rings is 1. The molecule has 122 valence electrons. The number of ether oxygens (including phenoxy) is 1. The maximum atomic E-state index is 12.7. The van der Waals surface area contributed by atoms with Crippen LogP contribution in [0.4, 0.5) is 0 Å². The number of morpholine rings is 1. The first-order chi connectivity index (χ1) is 11.3. The van der Waals surface area contributed by atoms with E-state index in [2.05, 4.69) is 14.5 Å². The molecule has 2 aliphatic rings. The van der Waals surface area contributed by atoms with Crippen LogP contribution in [0.15, 0.2) is 29.0 Å². The van der Waals surface area contributed by atoms with Crippen molar-refractivity contribution >= 4 is 5.91 Å². The average Bonchev–Trinajstić information content (AvgIpc) is 3.24. The van der Waals surface area contributed by atoms with E-state index in [4.69, 9.17) is 9.15 Å². The molecule has 0 bridgehead atoms. The van der Waals surface area contributed by atoms with Gasteiger partial charge < -0.3 is 18.6 Å². The van der Waals surface area contributed by atoms with E-state index in [1.807, 2.05) is 17.0 Å². The molecule has 23 heavy (non-hydrogen) atoms. The molecule has 4 rings (SSSR count). The van der Waals surface area contributed by atoms with Crippen LogP contribution >= 0.6 is 0 Å². The van der Waals surface area contributed by atoms with Gasteiger partial charge in [-0.15, -0.1) is 0 Å². The third kappa shape index (κ3) is 2.89. The van der Waals surface area contributed by atoms with E-state index >= 15 is 0 Å². The molecule has 0 atom stereocenters. The third-order valence-corrected chi connectivity index (χ3v) is 4.42. The Hall–Kier alpha value is -2.12. The molecule has 2 aliphatic heterocycles. The fourth-order valence-corrected chi connectivity index (χ4v) is 3.17. The van der Waals surface area contributed by atoms with Gasteiger partial charge in [-0.2, -0.15) is 0 Å². The summed E-state index contributed by atoms with van der Waals surface area (Å²) in [5.41, 5.74) is 0.694. The normalized spacial score (nSPS) is 18.9. The molecule has 0 aromatic carbocycles. The zero-order valence-corrected chi connectivity index (χ0v) is 13.0. The van der Waals surface area contributed by atoms with Crippen LogP contribution in [-0.2, 0) is 24.4 Å². The van der Waals surface area contributed by atoms with E-state index in [9.17, 15) is 4.79 Å². The van der Waals surface area contributed by atoms with Crippen LogP contribution in [0.1, 0.15) is 22.1 Å². The SMILES string of the molecule is O=C(c1cnc2n1CCN(Cc1ccco1)C2)N1CCOCC1. The minimum Gasteiger partial charge on any atom is -0.468 e. The van der Waals surface area contributed by atoms with Crippen LogP contribution in [-0.4, -0.2) is 58.1 Å². The van der Waals surface area contributed by atoms with E-state index in [0.29, 0.717) is 32.0 Å². The van der Waals surface area contributed by atoms with E-state index in [1.165, 1.54) is 0 Å².